The number of carbonyl (C=O) groups is 1. The van der Waals surface area contributed by atoms with Gasteiger partial charge in [-0.25, -0.2) is 4.98 Å². The number of nitrogens with zero attached hydrogens (tertiary/aromatic N) is 4. The number of ketones is 1. The highest BCUT2D eigenvalue weighted by Crippen LogP contribution is 2.28. The number of aromatic nitrogens is 3. The normalized spacial score (nSPS) is 11.2. The maximum Gasteiger partial charge on any atom is 0.208 e. The van der Waals surface area contributed by atoms with Crippen molar-refractivity contribution in [1.82, 2.24) is 19.4 Å². The largest absolute Gasteiger partial charge is 0.457 e. The highest BCUT2D eigenvalue weighted by Gasteiger charge is 2.11. The number of benzene rings is 2. The van der Waals surface area contributed by atoms with Gasteiger partial charge in [-0.05, 0) is 56.4 Å². The second-order valence-corrected chi connectivity index (χ2v) is 8.36. The zero-order valence-electron chi connectivity index (χ0n) is 19.5. The second-order valence-electron chi connectivity index (χ2n) is 8.36. The van der Waals surface area contributed by atoms with E-state index >= 15 is 0 Å². The number of ether oxygens (including phenoxy) is 1. The topological polar surface area (TPSA) is 72.3 Å². The third-order valence-electron chi connectivity index (χ3n) is 5.37. The monoisotopic (exact) mass is 443 g/mol. The maximum atomic E-state index is 12.1. The molecule has 0 aliphatic rings. The van der Waals surface area contributed by atoms with Crippen molar-refractivity contribution in [1.29, 1.82) is 0 Å². The van der Waals surface area contributed by atoms with Crippen LogP contribution in [0.2, 0.25) is 0 Å². The van der Waals surface area contributed by atoms with Crippen LogP contribution in [0.25, 0.3) is 11.0 Å². The fraction of sp³-hybridized carbons (Fsp3) is 0.269. The van der Waals surface area contributed by atoms with E-state index in [9.17, 15) is 4.79 Å². The van der Waals surface area contributed by atoms with E-state index in [4.69, 9.17) is 9.72 Å². The van der Waals surface area contributed by atoms with Crippen LogP contribution in [0.1, 0.15) is 18.2 Å². The highest BCUT2D eigenvalue weighted by molar-refractivity contribution is 5.82. The van der Waals surface area contributed by atoms with Crippen molar-refractivity contribution in [3.05, 3.63) is 72.1 Å². The Bertz CT molecular complexity index is 1260. The summed E-state index contributed by atoms with van der Waals surface area (Å²) in [5.74, 6) is 2.19. The summed E-state index contributed by atoms with van der Waals surface area (Å²) in [7, 11) is 5.74. The number of pyridine rings is 1. The Labute approximate surface area is 194 Å². The first kappa shape index (κ1) is 22.5. The van der Waals surface area contributed by atoms with Gasteiger partial charge < -0.3 is 19.5 Å². The lowest BCUT2D eigenvalue weighted by atomic mass is 10.1. The summed E-state index contributed by atoms with van der Waals surface area (Å²) in [6.07, 6.45) is 2.96. The summed E-state index contributed by atoms with van der Waals surface area (Å²) >= 11 is 0. The van der Waals surface area contributed by atoms with Crippen molar-refractivity contribution >= 4 is 28.5 Å². The first-order valence-corrected chi connectivity index (χ1v) is 11.0. The zero-order valence-corrected chi connectivity index (χ0v) is 19.5. The fourth-order valence-corrected chi connectivity index (χ4v) is 3.67. The average Bonchev–Trinajstić information content (AvgIpc) is 3.08. The summed E-state index contributed by atoms with van der Waals surface area (Å²) in [4.78, 5) is 23.0. The molecule has 4 rings (SSSR count). The minimum Gasteiger partial charge on any atom is -0.457 e. The molecule has 0 amide bonds. The number of nitrogens with one attached hydrogen (secondary N) is 1. The van der Waals surface area contributed by atoms with E-state index in [1.54, 1.807) is 12.3 Å². The van der Waals surface area contributed by atoms with Gasteiger partial charge in [-0.1, -0.05) is 19.1 Å². The quantitative estimate of drug-likeness (QED) is 0.403. The number of hydrogen-bond donors (Lipinski definition) is 1. The van der Waals surface area contributed by atoms with Crippen LogP contribution in [0, 0.1) is 0 Å². The van der Waals surface area contributed by atoms with Crippen LogP contribution >= 0.6 is 0 Å². The van der Waals surface area contributed by atoms with Crippen molar-refractivity contribution in [2.75, 3.05) is 26.0 Å². The Morgan fingerprint density at radius 1 is 1.06 bits per heavy atom. The van der Waals surface area contributed by atoms with Crippen LogP contribution in [0.4, 0.5) is 11.6 Å². The smallest absolute Gasteiger partial charge is 0.208 e. The molecule has 0 aliphatic heterocycles. The molecular weight excluding hydrogens is 414 g/mol. The Hall–Kier alpha value is -3.71. The lowest BCUT2D eigenvalue weighted by Crippen LogP contribution is -2.23. The molecule has 170 valence electrons. The zero-order chi connectivity index (χ0) is 23.4. The van der Waals surface area contributed by atoms with Crippen LogP contribution in [-0.4, -0.2) is 45.9 Å². The Kier molecular flexibility index (Phi) is 6.70. The number of Topliss-reactive ketones (excluding diaryl/α,β-unsaturated/α-hetero) is 1. The Morgan fingerprint density at radius 3 is 2.55 bits per heavy atom. The number of imidazole rings is 1. The first-order chi connectivity index (χ1) is 15.9. The molecule has 0 bridgehead atoms. The van der Waals surface area contributed by atoms with Gasteiger partial charge in [0.1, 0.15) is 11.5 Å². The molecule has 0 unspecified atom stereocenters. The molecule has 7 nitrogen and oxygen atoms in total. The molecule has 0 saturated heterocycles. The van der Waals surface area contributed by atoms with Crippen molar-refractivity contribution in [3.63, 3.8) is 0 Å². The molecule has 7 heteroatoms. The van der Waals surface area contributed by atoms with Gasteiger partial charge in [-0.2, -0.15) is 0 Å². The van der Waals surface area contributed by atoms with Gasteiger partial charge >= 0.3 is 0 Å². The fourth-order valence-electron chi connectivity index (χ4n) is 3.67. The molecule has 0 aliphatic carbocycles. The van der Waals surface area contributed by atoms with E-state index in [-0.39, 0.29) is 12.2 Å². The second kappa shape index (κ2) is 9.83. The molecule has 0 atom stereocenters. The number of fused-ring (bicyclic) bond motifs is 1. The number of carbonyl (C=O) groups excluding carboxylic acids is 1. The third-order valence-corrected chi connectivity index (χ3v) is 5.37. The third kappa shape index (κ3) is 5.56. The minimum absolute atomic E-state index is 0.115. The van der Waals surface area contributed by atoms with E-state index in [0.29, 0.717) is 23.7 Å². The molecule has 0 saturated carbocycles. The van der Waals surface area contributed by atoms with E-state index < -0.39 is 0 Å². The van der Waals surface area contributed by atoms with Gasteiger partial charge in [-0.3, -0.25) is 9.78 Å². The van der Waals surface area contributed by atoms with Crippen LogP contribution in [0.15, 0.2) is 60.8 Å². The predicted molar refractivity (Wildman–Crippen MR) is 131 cm³/mol. The van der Waals surface area contributed by atoms with Gasteiger partial charge in [0.15, 0.2) is 5.78 Å². The van der Waals surface area contributed by atoms with Crippen LogP contribution in [-0.2, 0) is 24.7 Å². The number of hydrogen-bond acceptors (Lipinski definition) is 6. The molecule has 2 aromatic carbocycles. The van der Waals surface area contributed by atoms with E-state index in [1.165, 1.54) is 5.56 Å². The highest BCUT2D eigenvalue weighted by atomic mass is 16.5. The predicted octanol–water partition coefficient (Wildman–Crippen LogP) is 4.74. The van der Waals surface area contributed by atoms with E-state index in [0.717, 1.165) is 29.1 Å². The summed E-state index contributed by atoms with van der Waals surface area (Å²) in [5, 5.41) is 3.39. The van der Waals surface area contributed by atoms with Gasteiger partial charge in [0.05, 0.1) is 29.7 Å². The van der Waals surface area contributed by atoms with Crippen molar-refractivity contribution in [2.45, 2.75) is 19.8 Å². The number of rotatable bonds is 9. The van der Waals surface area contributed by atoms with Gasteiger partial charge in [0, 0.05) is 31.1 Å². The van der Waals surface area contributed by atoms with Crippen molar-refractivity contribution in [3.8, 4) is 11.5 Å². The molecule has 4 aromatic rings. The lowest BCUT2D eigenvalue weighted by Gasteiger charge is -2.09. The summed E-state index contributed by atoms with van der Waals surface area (Å²) in [6.45, 7) is 2.53. The molecule has 0 radical (unpaired) electrons. The number of likely N-dealkylation sites (N-methyl/N-ethyl adjacent to an activating group) is 1. The molecule has 1 N–H and O–H groups in total. The molecular formula is C26H29N5O2. The van der Waals surface area contributed by atoms with Gasteiger partial charge in [-0.15, -0.1) is 0 Å². The number of anilines is 2. The van der Waals surface area contributed by atoms with Crippen LogP contribution < -0.4 is 10.1 Å². The van der Waals surface area contributed by atoms with E-state index in [2.05, 4.69) is 41.5 Å². The molecule has 33 heavy (non-hydrogen) atoms. The molecule has 0 spiro atoms. The summed E-state index contributed by atoms with van der Waals surface area (Å²) < 4.78 is 8.07. The number of aryl methyl sites for hydroxylation is 2. The first-order valence-electron chi connectivity index (χ1n) is 11.0. The molecule has 2 aromatic heterocycles. The molecule has 2 heterocycles. The molecule has 0 fully saturated rings. The minimum atomic E-state index is 0.115. The summed E-state index contributed by atoms with van der Waals surface area (Å²) in [5.41, 5.74) is 4.82. The van der Waals surface area contributed by atoms with Crippen molar-refractivity contribution in [2.24, 2.45) is 7.05 Å². The van der Waals surface area contributed by atoms with Gasteiger partial charge in [0.25, 0.3) is 0 Å². The summed E-state index contributed by atoms with van der Waals surface area (Å²) in [6, 6.07) is 17.8. The lowest BCUT2D eigenvalue weighted by molar-refractivity contribution is -0.119. The standard InChI is InChI=1S/C26H29N5O2/c1-5-18-6-8-19(9-7-18)28-26-29-24-16-22(10-11-25(24)31(26)4)33-23-12-13-27-20(15-23)14-21(32)17-30(2)3/h6-13,15-16H,5,14,17H2,1-4H3,(H,28,29). The SMILES string of the molecule is CCc1ccc(Nc2nc3cc(Oc4ccnc(CC(=O)CN(C)C)c4)ccc3n2C)cc1. The Morgan fingerprint density at radius 2 is 1.82 bits per heavy atom. The van der Waals surface area contributed by atoms with Crippen LogP contribution in [0.5, 0.6) is 11.5 Å². The maximum absolute atomic E-state index is 12.1. The van der Waals surface area contributed by atoms with Gasteiger partial charge in [0.2, 0.25) is 5.95 Å². The average molecular weight is 444 g/mol. The Balaban J connectivity index is 1.50. The van der Waals surface area contributed by atoms with Crippen LogP contribution in [0.3, 0.4) is 0 Å². The van der Waals surface area contributed by atoms with E-state index in [1.807, 2.05) is 54.9 Å². The van der Waals surface area contributed by atoms with Crippen molar-refractivity contribution < 1.29 is 9.53 Å².